The number of hydrogen-bond donors (Lipinski definition) is 0. The number of hydrogen-bond acceptors (Lipinski definition) is 1. The maximum absolute atomic E-state index is 4.07. The van der Waals surface area contributed by atoms with Gasteiger partial charge in [-0.05, 0) is 117 Å². The molecule has 0 unspecified atom stereocenters. The lowest BCUT2D eigenvalue weighted by atomic mass is 9.97. The van der Waals surface area contributed by atoms with Crippen LogP contribution < -0.4 is 4.90 Å². The van der Waals surface area contributed by atoms with Crippen molar-refractivity contribution < 1.29 is 0 Å². The minimum absolute atomic E-state index is 1.06. The monoisotopic (exact) mass is 690 g/mol. The molecule has 2 nitrogen and oxygen atoms in total. The van der Waals surface area contributed by atoms with Crippen molar-refractivity contribution in [1.29, 1.82) is 0 Å². The Morgan fingerprint density at radius 2 is 0.833 bits per heavy atom. The zero-order chi connectivity index (χ0) is 36.4. The summed E-state index contributed by atoms with van der Waals surface area (Å²) in [7, 11) is 0. The normalized spacial score (nSPS) is 11.1. The smallest absolute Gasteiger partial charge is 0.0542 e. The molecule has 9 aromatic rings. The van der Waals surface area contributed by atoms with Gasteiger partial charge in [0.05, 0.1) is 11.0 Å². The summed E-state index contributed by atoms with van der Waals surface area (Å²) < 4.78 is 2.36. The maximum Gasteiger partial charge on any atom is 0.0542 e. The van der Waals surface area contributed by atoms with Gasteiger partial charge in [0.1, 0.15) is 0 Å². The van der Waals surface area contributed by atoms with Crippen molar-refractivity contribution in [2.75, 3.05) is 4.90 Å². The molecular formula is C52H38N2. The van der Waals surface area contributed by atoms with Gasteiger partial charge < -0.3 is 9.47 Å². The Morgan fingerprint density at radius 3 is 1.41 bits per heavy atom. The molecule has 0 spiro atoms. The van der Waals surface area contributed by atoms with Crippen LogP contribution in [0.2, 0.25) is 0 Å². The van der Waals surface area contributed by atoms with E-state index in [9.17, 15) is 0 Å². The number of benzene rings is 8. The molecule has 0 aliphatic heterocycles. The Hall–Kier alpha value is -7.16. The molecule has 0 aliphatic carbocycles. The van der Waals surface area contributed by atoms with E-state index in [2.05, 4.69) is 217 Å². The summed E-state index contributed by atoms with van der Waals surface area (Å²) in [6.45, 7) is 8.13. The Bertz CT molecular complexity index is 2690. The summed E-state index contributed by atoms with van der Waals surface area (Å²) in [4.78, 5) is 2.40. The molecule has 1 heterocycles. The van der Waals surface area contributed by atoms with Crippen molar-refractivity contribution in [1.82, 2.24) is 4.57 Å². The molecular weight excluding hydrogens is 653 g/mol. The summed E-state index contributed by atoms with van der Waals surface area (Å²) >= 11 is 0. The maximum atomic E-state index is 4.07. The lowest BCUT2D eigenvalue weighted by molar-refractivity contribution is 1.17. The highest BCUT2D eigenvalue weighted by Crippen LogP contribution is 2.43. The third-order valence-electron chi connectivity index (χ3n) is 10.2. The van der Waals surface area contributed by atoms with Gasteiger partial charge in [-0.3, -0.25) is 0 Å². The predicted octanol–water partition coefficient (Wildman–Crippen LogP) is 14.5. The van der Waals surface area contributed by atoms with Crippen molar-refractivity contribution in [3.63, 3.8) is 0 Å². The molecule has 0 aliphatic rings. The highest BCUT2D eigenvalue weighted by Gasteiger charge is 2.19. The highest BCUT2D eigenvalue weighted by atomic mass is 15.1. The fourth-order valence-electron chi connectivity index (χ4n) is 7.62. The number of aromatic nitrogens is 1. The average Bonchev–Trinajstić information content (AvgIpc) is 3.58. The van der Waals surface area contributed by atoms with Crippen LogP contribution in [0.5, 0.6) is 0 Å². The summed E-state index contributed by atoms with van der Waals surface area (Å²) in [5.74, 6) is 0. The van der Waals surface area contributed by atoms with Gasteiger partial charge in [-0.25, -0.2) is 0 Å². The molecule has 0 amide bonds. The molecule has 2 heteroatoms. The van der Waals surface area contributed by atoms with Gasteiger partial charge in [-0.1, -0.05) is 147 Å². The lowest BCUT2D eigenvalue weighted by Gasteiger charge is -2.27. The van der Waals surface area contributed by atoms with E-state index in [1.807, 2.05) is 12.2 Å². The predicted molar refractivity (Wildman–Crippen MR) is 232 cm³/mol. The van der Waals surface area contributed by atoms with E-state index in [-0.39, 0.29) is 0 Å². The number of anilines is 3. The Kier molecular flexibility index (Phi) is 8.55. The number of para-hydroxylation sites is 1. The molecule has 9 rings (SSSR count). The Morgan fingerprint density at radius 1 is 0.352 bits per heavy atom. The zero-order valence-corrected chi connectivity index (χ0v) is 29.9. The van der Waals surface area contributed by atoms with Gasteiger partial charge >= 0.3 is 0 Å². The number of nitrogens with zero attached hydrogens (tertiary/aromatic N) is 2. The largest absolute Gasteiger partial charge is 0.310 e. The fraction of sp³-hybridized carbons (Fsp3) is 0. The fourth-order valence-corrected chi connectivity index (χ4v) is 7.62. The minimum atomic E-state index is 1.06. The Balaban J connectivity index is 1.28. The third-order valence-corrected chi connectivity index (χ3v) is 10.2. The molecule has 1 aromatic heterocycles. The summed E-state index contributed by atoms with van der Waals surface area (Å²) in [6, 6.07) is 69.8. The van der Waals surface area contributed by atoms with Crippen LogP contribution in [0.25, 0.3) is 73.0 Å². The minimum Gasteiger partial charge on any atom is -0.310 e. The van der Waals surface area contributed by atoms with E-state index in [0.29, 0.717) is 0 Å². The molecule has 54 heavy (non-hydrogen) atoms. The van der Waals surface area contributed by atoms with Crippen LogP contribution in [0.1, 0.15) is 11.1 Å². The molecule has 0 N–H and O–H groups in total. The third kappa shape index (κ3) is 6.10. The van der Waals surface area contributed by atoms with Gasteiger partial charge in [0, 0.05) is 33.5 Å². The quantitative estimate of drug-likeness (QED) is 0.146. The molecule has 8 aromatic carbocycles. The van der Waals surface area contributed by atoms with Crippen LogP contribution in [0.3, 0.4) is 0 Å². The van der Waals surface area contributed by atoms with Crippen LogP contribution >= 0.6 is 0 Å². The zero-order valence-electron chi connectivity index (χ0n) is 29.9. The van der Waals surface area contributed by atoms with E-state index in [1.165, 1.54) is 33.0 Å². The summed E-state index contributed by atoms with van der Waals surface area (Å²) in [5, 5.41) is 2.38. The number of fused-ring (bicyclic) bond motifs is 3. The SMILES string of the molecule is C=Cc1cc(C=C)cc(-n2c3ccccc3c3cc(N(c4ccc(-c5ccccc5)cc4)c4cc(-c5ccccc5)cc(-c5ccccc5)c4)ccc32)c1. The van der Waals surface area contributed by atoms with Gasteiger partial charge in [-0.2, -0.15) is 0 Å². The van der Waals surface area contributed by atoms with E-state index >= 15 is 0 Å². The molecule has 0 bridgehead atoms. The molecule has 0 fully saturated rings. The molecule has 0 atom stereocenters. The Labute approximate surface area is 316 Å². The lowest BCUT2D eigenvalue weighted by Crippen LogP contribution is -2.10. The van der Waals surface area contributed by atoms with Gasteiger partial charge in [0.15, 0.2) is 0 Å². The standard InChI is InChI=1S/C52H38N2/c1-3-37-30-38(4-2)32-47(31-37)54-51-23-15-14-22-49(51)50-36-46(28-29-52(50)54)53(45-26-24-42(25-27-45)39-16-8-5-9-17-39)48-34-43(40-18-10-6-11-19-40)33-44(35-48)41-20-12-7-13-21-41/h3-36H,1-2H2. The van der Waals surface area contributed by atoms with E-state index in [4.69, 9.17) is 0 Å². The van der Waals surface area contributed by atoms with Crippen molar-refractivity contribution >= 4 is 51.0 Å². The average molecular weight is 691 g/mol. The van der Waals surface area contributed by atoms with Crippen molar-refractivity contribution in [3.8, 4) is 39.1 Å². The molecule has 0 saturated carbocycles. The van der Waals surface area contributed by atoms with Crippen molar-refractivity contribution in [3.05, 3.63) is 218 Å². The van der Waals surface area contributed by atoms with Gasteiger partial charge in [0.2, 0.25) is 0 Å². The molecule has 0 saturated heterocycles. The highest BCUT2D eigenvalue weighted by molar-refractivity contribution is 6.11. The summed E-state index contributed by atoms with van der Waals surface area (Å²) in [5.41, 5.74) is 15.8. The van der Waals surface area contributed by atoms with E-state index < -0.39 is 0 Å². The first kappa shape index (κ1) is 32.7. The van der Waals surface area contributed by atoms with Crippen LogP contribution in [-0.4, -0.2) is 4.57 Å². The van der Waals surface area contributed by atoms with Crippen LogP contribution in [0.15, 0.2) is 207 Å². The first-order valence-corrected chi connectivity index (χ1v) is 18.3. The second-order valence-corrected chi connectivity index (χ2v) is 13.6. The first-order valence-electron chi connectivity index (χ1n) is 18.3. The topological polar surface area (TPSA) is 8.17 Å². The molecule has 0 radical (unpaired) electrons. The first-order chi connectivity index (χ1) is 26.7. The second kappa shape index (κ2) is 14.1. The van der Waals surface area contributed by atoms with Crippen LogP contribution in [0.4, 0.5) is 17.1 Å². The van der Waals surface area contributed by atoms with Crippen LogP contribution in [0, 0.1) is 0 Å². The van der Waals surface area contributed by atoms with Crippen LogP contribution in [-0.2, 0) is 0 Å². The van der Waals surface area contributed by atoms with Crippen molar-refractivity contribution in [2.24, 2.45) is 0 Å². The molecule has 256 valence electrons. The second-order valence-electron chi connectivity index (χ2n) is 13.6. The van der Waals surface area contributed by atoms with Crippen molar-refractivity contribution in [2.45, 2.75) is 0 Å². The van der Waals surface area contributed by atoms with E-state index in [0.717, 1.165) is 56.0 Å². The van der Waals surface area contributed by atoms with Gasteiger partial charge in [-0.15, -0.1) is 0 Å². The van der Waals surface area contributed by atoms with Gasteiger partial charge in [0.25, 0.3) is 0 Å². The van der Waals surface area contributed by atoms with E-state index in [1.54, 1.807) is 0 Å². The summed E-state index contributed by atoms with van der Waals surface area (Å²) in [6.07, 6.45) is 3.80. The number of rotatable bonds is 9.